The number of pyridine rings is 1. The number of rotatable bonds is 8. The number of nitrogens with zero attached hydrogens (tertiary/aromatic N) is 3. The Hall–Kier alpha value is -3.04. The highest BCUT2D eigenvalue weighted by molar-refractivity contribution is 5.67. The van der Waals surface area contributed by atoms with E-state index in [1.807, 2.05) is 24.3 Å². The molecule has 1 aromatic heterocycles. The number of carbonyl (C=O) groups is 1. The molecule has 2 heterocycles. The van der Waals surface area contributed by atoms with Gasteiger partial charge in [-0.15, -0.1) is 0 Å². The van der Waals surface area contributed by atoms with Crippen molar-refractivity contribution in [3.63, 3.8) is 0 Å². The summed E-state index contributed by atoms with van der Waals surface area (Å²) in [6.45, 7) is 6.56. The molecule has 1 aliphatic heterocycles. The van der Waals surface area contributed by atoms with Crippen molar-refractivity contribution < 1.29 is 24.1 Å². The van der Waals surface area contributed by atoms with Crippen LogP contribution in [0.25, 0.3) is 0 Å². The van der Waals surface area contributed by atoms with Gasteiger partial charge in [0.15, 0.2) is 0 Å². The van der Waals surface area contributed by atoms with E-state index in [1.165, 1.54) is 0 Å². The molecule has 33 heavy (non-hydrogen) atoms. The quantitative estimate of drug-likeness (QED) is 0.648. The predicted molar refractivity (Wildman–Crippen MR) is 124 cm³/mol. The first-order valence-electron chi connectivity index (χ1n) is 11.1. The third-order valence-corrected chi connectivity index (χ3v) is 5.95. The van der Waals surface area contributed by atoms with Crippen molar-refractivity contribution in [2.45, 2.75) is 26.4 Å². The van der Waals surface area contributed by atoms with Gasteiger partial charge in [-0.2, -0.15) is 0 Å². The van der Waals surface area contributed by atoms with E-state index in [0.29, 0.717) is 57.4 Å². The van der Waals surface area contributed by atoms with Gasteiger partial charge in [-0.1, -0.05) is 18.2 Å². The molecule has 9 heteroatoms. The van der Waals surface area contributed by atoms with Gasteiger partial charge in [0.25, 0.3) is 5.56 Å². The third kappa shape index (κ3) is 5.31. The molecule has 1 aromatic carbocycles. The number of benzene rings is 1. The van der Waals surface area contributed by atoms with Gasteiger partial charge in [0.1, 0.15) is 11.5 Å². The number of aryl methyl sites for hydroxylation is 1. The average Bonchev–Trinajstić information content (AvgIpc) is 2.82. The van der Waals surface area contributed by atoms with Crippen LogP contribution in [0, 0.1) is 6.92 Å². The topological polar surface area (TPSA) is 93.5 Å². The van der Waals surface area contributed by atoms with E-state index in [9.17, 15) is 14.7 Å². The Balaban J connectivity index is 2.07. The minimum atomic E-state index is -0.549. The first-order valence-corrected chi connectivity index (χ1v) is 11.1. The third-order valence-electron chi connectivity index (χ3n) is 5.95. The van der Waals surface area contributed by atoms with Crippen LogP contribution in [0.4, 0.5) is 4.79 Å². The first-order chi connectivity index (χ1) is 15.9. The van der Waals surface area contributed by atoms with Crippen molar-refractivity contribution >= 4 is 6.09 Å². The minimum Gasteiger partial charge on any atom is -0.507 e. The number of carbonyl (C=O) groups excluding carboxylic acids is 1. The number of aromatic hydroxyl groups is 1. The maximum Gasteiger partial charge on any atom is 0.409 e. The van der Waals surface area contributed by atoms with Crippen LogP contribution in [0.3, 0.4) is 0 Å². The number of piperazine rings is 1. The highest BCUT2D eigenvalue weighted by Crippen LogP contribution is 2.37. The van der Waals surface area contributed by atoms with Gasteiger partial charge in [0, 0.05) is 51.1 Å². The maximum atomic E-state index is 13.6. The Morgan fingerprint density at radius 3 is 2.48 bits per heavy atom. The zero-order valence-corrected chi connectivity index (χ0v) is 19.7. The number of methoxy groups -OCH3 is 2. The van der Waals surface area contributed by atoms with Crippen molar-refractivity contribution in [2.24, 2.45) is 0 Å². The molecule has 0 radical (unpaired) electrons. The van der Waals surface area contributed by atoms with Crippen LogP contribution in [-0.2, 0) is 16.0 Å². The van der Waals surface area contributed by atoms with Gasteiger partial charge < -0.3 is 28.8 Å². The van der Waals surface area contributed by atoms with E-state index in [0.717, 1.165) is 5.56 Å². The molecule has 0 bridgehead atoms. The number of aromatic nitrogens is 1. The summed E-state index contributed by atoms with van der Waals surface area (Å²) in [6, 6.07) is 8.56. The van der Waals surface area contributed by atoms with Crippen LogP contribution in [0.15, 0.2) is 35.1 Å². The van der Waals surface area contributed by atoms with Gasteiger partial charge in [-0.3, -0.25) is 9.69 Å². The molecule has 1 atom stereocenters. The smallest absolute Gasteiger partial charge is 0.409 e. The number of hydrogen-bond acceptors (Lipinski definition) is 7. The highest BCUT2D eigenvalue weighted by atomic mass is 16.6. The van der Waals surface area contributed by atoms with Gasteiger partial charge >= 0.3 is 6.09 Å². The zero-order chi connectivity index (χ0) is 24.0. The van der Waals surface area contributed by atoms with E-state index >= 15 is 0 Å². The van der Waals surface area contributed by atoms with Gasteiger partial charge in [-0.25, -0.2) is 4.79 Å². The monoisotopic (exact) mass is 459 g/mol. The largest absolute Gasteiger partial charge is 0.507 e. The Kier molecular flexibility index (Phi) is 8.35. The Morgan fingerprint density at radius 1 is 1.15 bits per heavy atom. The van der Waals surface area contributed by atoms with E-state index in [2.05, 4.69) is 4.90 Å². The lowest BCUT2D eigenvalue weighted by atomic mass is 9.95. The zero-order valence-electron chi connectivity index (χ0n) is 19.7. The highest BCUT2D eigenvalue weighted by Gasteiger charge is 2.34. The van der Waals surface area contributed by atoms with E-state index < -0.39 is 6.04 Å². The first kappa shape index (κ1) is 24.6. The van der Waals surface area contributed by atoms with Crippen molar-refractivity contribution in [3.8, 4) is 11.5 Å². The maximum absolute atomic E-state index is 13.6. The summed E-state index contributed by atoms with van der Waals surface area (Å²) in [7, 11) is 3.17. The average molecular weight is 460 g/mol. The second-order valence-electron chi connectivity index (χ2n) is 7.90. The van der Waals surface area contributed by atoms with Crippen LogP contribution in [0.5, 0.6) is 11.5 Å². The van der Waals surface area contributed by atoms with E-state index in [4.69, 9.17) is 14.2 Å². The summed E-state index contributed by atoms with van der Waals surface area (Å²) >= 11 is 0. The molecule has 1 aliphatic rings. The van der Waals surface area contributed by atoms with Crippen molar-refractivity contribution in [1.82, 2.24) is 14.4 Å². The number of ether oxygens (including phenoxy) is 3. The Bertz CT molecular complexity index is 1010. The molecule has 1 N–H and O–H groups in total. The van der Waals surface area contributed by atoms with Crippen molar-refractivity contribution in [3.05, 3.63) is 57.5 Å². The van der Waals surface area contributed by atoms with Crippen LogP contribution in [-0.4, -0.2) is 79.2 Å². The SMILES string of the molecule is CCOC(=O)N1CCN([C@H](c2ccccc2OC)c2c(O)cc(C)n(CCOC)c2=O)CC1. The summed E-state index contributed by atoms with van der Waals surface area (Å²) in [5.41, 5.74) is 1.45. The van der Waals surface area contributed by atoms with Crippen molar-refractivity contribution in [2.75, 3.05) is 53.6 Å². The lowest BCUT2D eigenvalue weighted by Gasteiger charge is -2.39. The fraction of sp³-hybridized carbons (Fsp3) is 0.500. The predicted octanol–water partition coefficient (Wildman–Crippen LogP) is 2.38. The second kappa shape index (κ2) is 11.2. The van der Waals surface area contributed by atoms with Crippen LogP contribution >= 0.6 is 0 Å². The minimum absolute atomic E-state index is 0.0603. The molecule has 1 fully saturated rings. The molecular weight excluding hydrogens is 426 g/mol. The normalized spacial score (nSPS) is 15.3. The summed E-state index contributed by atoms with van der Waals surface area (Å²) in [6.07, 6.45) is -0.342. The summed E-state index contributed by atoms with van der Waals surface area (Å²) in [5.74, 6) is 0.563. The lowest BCUT2D eigenvalue weighted by molar-refractivity contribution is 0.0705. The van der Waals surface area contributed by atoms with Gasteiger partial charge in [-0.05, 0) is 26.0 Å². The fourth-order valence-corrected chi connectivity index (χ4v) is 4.29. The summed E-state index contributed by atoms with van der Waals surface area (Å²) in [5, 5.41) is 11.0. The molecule has 1 saturated heterocycles. The summed E-state index contributed by atoms with van der Waals surface area (Å²) < 4.78 is 17.5. The molecule has 2 aromatic rings. The number of para-hydroxylation sites is 1. The molecular formula is C24H33N3O6. The molecule has 0 aliphatic carbocycles. The molecule has 0 unspecified atom stereocenters. The number of hydrogen-bond donors (Lipinski definition) is 1. The van der Waals surface area contributed by atoms with Crippen LogP contribution in [0.1, 0.15) is 29.8 Å². The summed E-state index contributed by atoms with van der Waals surface area (Å²) in [4.78, 5) is 29.5. The van der Waals surface area contributed by atoms with Crippen molar-refractivity contribution in [1.29, 1.82) is 0 Å². The Labute approximate surface area is 194 Å². The fourth-order valence-electron chi connectivity index (χ4n) is 4.29. The van der Waals surface area contributed by atoms with Crippen LogP contribution < -0.4 is 10.3 Å². The standard InChI is InChI=1S/C24H33N3O6/c1-5-33-24(30)26-12-10-25(11-13-26)22(18-8-6-7-9-20(18)32-4)21-19(28)16-17(2)27(23(21)29)14-15-31-3/h6-9,16,22,28H,5,10-15H2,1-4H3/t22-/m1/s1. The van der Waals surface area contributed by atoms with E-state index in [1.54, 1.807) is 43.6 Å². The molecule has 0 spiro atoms. The van der Waals surface area contributed by atoms with Crippen LogP contribution in [0.2, 0.25) is 0 Å². The van der Waals surface area contributed by atoms with E-state index in [-0.39, 0.29) is 23.0 Å². The molecule has 0 saturated carbocycles. The molecule has 180 valence electrons. The molecule has 1 amide bonds. The molecule has 3 rings (SSSR count). The van der Waals surface area contributed by atoms with Gasteiger partial charge in [0.2, 0.25) is 0 Å². The second-order valence-corrected chi connectivity index (χ2v) is 7.90. The Morgan fingerprint density at radius 2 is 1.85 bits per heavy atom. The molecule has 9 nitrogen and oxygen atoms in total. The van der Waals surface area contributed by atoms with Gasteiger partial charge in [0.05, 0.1) is 31.9 Å². The number of amides is 1. The lowest BCUT2D eigenvalue weighted by Crippen LogP contribution is -2.50.